The fraction of sp³-hybridized carbons (Fsp3) is 0.556. The Labute approximate surface area is 146 Å². The third kappa shape index (κ3) is 4.08. The van der Waals surface area contributed by atoms with Crippen LogP contribution in [0.1, 0.15) is 18.4 Å². The molecular weight excluding hydrogens is 325 g/mol. The average Bonchev–Trinajstić information content (AvgIpc) is 2.61. The van der Waals surface area contributed by atoms with Gasteiger partial charge < -0.3 is 4.90 Å². The van der Waals surface area contributed by atoms with Crippen LogP contribution in [0.4, 0.5) is 4.39 Å². The van der Waals surface area contributed by atoms with E-state index in [-0.39, 0.29) is 23.7 Å². The Kier molecular flexibility index (Phi) is 5.75. The Hall–Kier alpha value is -1.58. The molecule has 3 rings (SSSR count). The van der Waals surface area contributed by atoms with Crippen molar-refractivity contribution in [2.75, 3.05) is 31.1 Å². The molecule has 1 aromatic rings. The van der Waals surface area contributed by atoms with E-state index in [9.17, 15) is 14.4 Å². The predicted molar refractivity (Wildman–Crippen MR) is 92.8 cm³/mol. The summed E-state index contributed by atoms with van der Waals surface area (Å²) in [6.45, 7) is 2.95. The zero-order valence-electron chi connectivity index (χ0n) is 13.7. The molecule has 2 fully saturated rings. The first-order valence-electron chi connectivity index (χ1n) is 8.42. The zero-order valence-corrected chi connectivity index (χ0v) is 14.5. The van der Waals surface area contributed by atoms with Crippen molar-refractivity contribution in [2.24, 2.45) is 5.92 Å². The number of carbonyl (C=O) groups is 1. The van der Waals surface area contributed by atoms with E-state index >= 15 is 0 Å². The lowest BCUT2D eigenvalue weighted by Crippen LogP contribution is -2.51. The largest absolute Gasteiger partial charge is 0.325 e. The van der Waals surface area contributed by atoms with E-state index in [1.54, 1.807) is 28.8 Å². The second-order valence-electron chi connectivity index (χ2n) is 6.46. The van der Waals surface area contributed by atoms with Crippen molar-refractivity contribution >= 4 is 17.7 Å². The molecule has 0 saturated carbocycles. The number of nitriles is 1. The second kappa shape index (κ2) is 8.00. The minimum absolute atomic E-state index is 0.0498. The van der Waals surface area contributed by atoms with Gasteiger partial charge in [-0.3, -0.25) is 9.69 Å². The molecular formula is C18H22FN3OS. The zero-order chi connectivity index (χ0) is 16.9. The fourth-order valence-corrected chi connectivity index (χ4v) is 4.47. The van der Waals surface area contributed by atoms with Crippen molar-refractivity contribution in [2.45, 2.75) is 25.4 Å². The number of likely N-dealkylation sites (tertiary alicyclic amines) is 1. The number of amides is 1. The maximum atomic E-state index is 13.3. The molecule has 0 bridgehead atoms. The van der Waals surface area contributed by atoms with E-state index in [0.29, 0.717) is 25.4 Å². The number of benzene rings is 1. The number of hydrogen-bond donors (Lipinski definition) is 0. The fourth-order valence-electron chi connectivity index (χ4n) is 3.50. The van der Waals surface area contributed by atoms with E-state index in [1.807, 2.05) is 6.07 Å². The molecule has 2 aliphatic rings. The number of rotatable bonds is 3. The lowest BCUT2D eigenvalue weighted by atomic mass is 9.95. The molecule has 128 valence electrons. The van der Waals surface area contributed by atoms with Crippen LogP contribution >= 0.6 is 11.8 Å². The van der Waals surface area contributed by atoms with Crippen LogP contribution in [0.5, 0.6) is 0 Å². The summed E-state index contributed by atoms with van der Waals surface area (Å²) >= 11 is 1.74. The number of piperidine rings is 1. The highest BCUT2D eigenvalue weighted by molar-refractivity contribution is 7.99. The molecule has 0 aromatic heterocycles. The highest BCUT2D eigenvalue weighted by Gasteiger charge is 2.34. The summed E-state index contributed by atoms with van der Waals surface area (Å²) in [5.74, 6) is 1.46. The van der Waals surface area contributed by atoms with E-state index in [1.165, 1.54) is 6.07 Å². The number of hydrogen-bond acceptors (Lipinski definition) is 4. The topological polar surface area (TPSA) is 47.3 Å². The SMILES string of the molecule is N#C[C@@H]1CSCCN1C(=O)[C@@H]1CCCN(Cc2cccc(F)c2)C1. The van der Waals surface area contributed by atoms with E-state index in [2.05, 4.69) is 11.0 Å². The number of halogens is 1. The Morgan fingerprint density at radius 1 is 1.42 bits per heavy atom. The quantitative estimate of drug-likeness (QED) is 0.843. The van der Waals surface area contributed by atoms with Crippen LogP contribution in [0.15, 0.2) is 24.3 Å². The molecule has 0 radical (unpaired) electrons. The summed E-state index contributed by atoms with van der Waals surface area (Å²) in [5, 5.41) is 9.28. The molecule has 24 heavy (non-hydrogen) atoms. The first-order chi connectivity index (χ1) is 11.7. The van der Waals surface area contributed by atoms with Gasteiger partial charge in [-0.1, -0.05) is 12.1 Å². The molecule has 0 aliphatic carbocycles. The molecule has 1 aromatic carbocycles. The van der Waals surface area contributed by atoms with Gasteiger partial charge in [0.25, 0.3) is 0 Å². The lowest BCUT2D eigenvalue weighted by Gasteiger charge is -2.38. The maximum Gasteiger partial charge on any atom is 0.228 e. The third-order valence-corrected chi connectivity index (χ3v) is 5.73. The molecule has 1 amide bonds. The van der Waals surface area contributed by atoms with Gasteiger partial charge in [0.15, 0.2) is 0 Å². The van der Waals surface area contributed by atoms with Crippen molar-refractivity contribution in [1.82, 2.24) is 9.80 Å². The monoisotopic (exact) mass is 347 g/mol. The van der Waals surface area contributed by atoms with Gasteiger partial charge in [0.05, 0.1) is 12.0 Å². The van der Waals surface area contributed by atoms with Gasteiger partial charge in [-0.25, -0.2) is 4.39 Å². The third-order valence-electron chi connectivity index (χ3n) is 4.71. The first kappa shape index (κ1) is 17.2. The van der Waals surface area contributed by atoms with Gasteiger partial charge in [0.2, 0.25) is 5.91 Å². The van der Waals surface area contributed by atoms with Gasteiger partial charge in [0.1, 0.15) is 11.9 Å². The number of carbonyl (C=O) groups excluding carboxylic acids is 1. The van der Waals surface area contributed by atoms with Crippen LogP contribution in [0.2, 0.25) is 0 Å². The standard InChI is InChI=1S/C18H22FN3OS/c19-16-5-1-3-14(9-16)11-21-6-2-4-15(12-21)18(23)22-7-8-24-13-17(22)10-20/h1,3,5,9,15,17H,2,4,6-8,11-13H2/t15-,17-/m1/s1. The normalized spacial score (nSPS) is 25.2. The Balaban J connectivity index is 1.62. The van der Waals surface area contributed by atoms with Crippen molar-refractivity contribution in [3.63, 3.8) is 0 Å². The molecule has 0 unspecified atom stereocenters. The lowest BCUT2D eigenvalue weighted by molar-refractivity contribution is -0.138. The summed E-state index contributed by atoms with van der Waals surface area (Å²) in [6.07, 6.45) is 1.84. The van der Waals surface area contributed by atoms with Gasteiger partial charge in [-0.05, 0) is 37.1 Å². The molecule has 2 saturated heterocycles. The molecule has 0 N–H and O–H groups in total. The van der Waals surface area contributed by atoms with Crippen molar-refractivity contribution in [3.8, 4) is 6.07 Å². The van der Waals surface area contributed by atoms with Crippen LogP contribution in [0, 0.1) is 23.1 Å². The Bertz CT molecular complexity index is 633. The van der Waals surface area contributed by atoms with Crippen molar-refractivity contribution in [1.29, 1.82) is 5.26 Å². The highest BCUT2D eigenvalue weighted by atomic mass is 32.2. The number of thioether (sulfide) groups is 1. The minimum atomic E-state index is -0.296. The summed E-state index contributed by atoms with van der Waals surface area (Å²) < 4.78 is 13.3. The molecule has 2 aliphatic heterocycles. The summed E-state index contributed by atoms with van der Waals surface area (Å²) in [4.78, 5) is 16.8. The van der Waals surface area contributed by atoms with Crippen LogP contribution in [0.3, 0.4) is 0 Å². The highest BCUT2D eigenvalue weighted by Crippen LogP contribution is 2.24. The minimum Gasteiger partial charge on any atom is -0.325 e. The molecule has 6 heteroatoms. The van der Waals surface area contributed by atoms with Gasteiger partial charge >= 0.3 is 0 Å². The van der Waals surface area contributed by atoms with Crippen molar-refractivity contribution in [3.05, 3.63) is 35.6 Å². The van der Waals surface area contributed by atoms with Gasteiger partial charge in [-0.2, -0.15) is 17.0 Å². The summed E-state index contributed by atoms with van der Waals surface area (Å²) in [6, 6.07) is 8.61. The smallest absolute Gasteiger partial charge is 0.228 e. The van der Waals surface area contributed by atoms with Crippen LogP contribution < -0.4 is 0 Å². The van der Waals surface area contributed by atoms with Gasteiger partial charge in [0, 0.05) is 31.1 Å². The van der Waals surface area contributed by atoms with E-state index < -0.39 is 0 Å². The second-order valence-corrected chi connectivity index (χ2v) is 7.61. The van der Waals surface area contributed by atoms with Gasteiger partial charge in [-0.15, -0.1) is 0 Å². The molecule has 0 spiro atoms. The molecule has 2 heterocycles. The molecule has 2 atom stereocenters. The van der Waals surface area contributed by atoms with Crippen LogP contribution in [-0.4, -0.2) is 52.9 Å². The first-order valence-corrected chi connectivity index (χ1v) is 9.57. The summed E-state index contributed by atoms with van der Waals surface area (Å²) in [7, 11) is 0. The summed E-state index contributed by atoms with van der Waals surface area (Å²) in [5.41, 5.74) is 0.937. The maximum absolute atomic E-state index is 13.3. The number of nitrogens with zero attached hydrogens (tertiary/aromatic N) is 3. The van der Waals surface area contributed by atoms with Crippen molar-refractivity contribution < 1.29 is 9.18 Å². The van der Waals surface area contributed by atoms with E-state index in [0.717, 1.165) is 30.7 Å². The molecule has 4 nitrogen and oxygen atoms in total. The van der Waals surface area contributed by atoms with Crippen LogP contribution in [0.25, 0.3) is 0 Å². The van der Waals surface area contributed by atoms with E-state index in [4.69, 9.17) is 0 Å². The Morgan fingerprint density at radius 2 is 2.29 bits per heavy atom. The Morgan fingerprint density at radius 3 is 3.08 bits per heavy atom. The predicted octanol–water partition coefficient (Wildman–Crippen LogP) is 2.51. The average molecular weight is 347 g/mol. The van der Waals surface area contributed by atoms with Crippen LogP contribution in [-0.2, 0) is 11.3 Å².